The Hall–Kier alpha value is -2.82. The first-order valence-corrected chi connectivity index (χ1v) is 7.78. The van der Waals surface area contributed by atoms with Crippen LogP contribution >= 0.6 is 0 Å². The SMILES string of the molecule is COc1cccc(C2=NN(C(C)=O)C(c3cccc(OC)c3)C2)c1. The van der Waals surface area contributed by atoms with Crippen LogP contribution < -0.4 is 9.47 Å². The first kappa shape index (κ1) is 16.1. The molecule has 1 aliphatic rings. The van der Waals surface area contributed by atoms with Crippen molar-refractivity contribution in [3.8, 4) is 11.5 Å². The molecule has 1 unspecified atom stereocenters. The summed E-state index contributed by atoms with van der Waals surface area (Å²) in [5, 5.41) is 6.10. The van der Waals surface area contributed by atoms with Crippen LogP contribution in [-0.2, 0) is 4.79 Å². The number of hydrazone groups is 1. The molecule has 0 bridgehead atoms. The molecule has 0 fully saturated rings. The standard InChI is InChI=1S/C19H20N2O3/c1-13(22)21-19(15-7-5-9-17(11-15)24-3)12-18(20-21)14-6-4-8-16(10-14)23-2/h4-11,19H,12H2,1-3H3. The van der Waals surface area contributed by atoms with E-state index in [1.165, 1.54) is 6.92 Å². The molecule has 1 aliphatic heterocycles. The molecule has 0 saturated heterocycles. The molecule has 0 spiro atoms. The Balaban J connectivity index is 1.94. The van der Waals surface area contributed by atoms with E-state index in [0.717, 1.165) is 28.3 Å². The lowest BCUT2D eigenvalue weighted by Gasteiger charge is -2.20. The molecule has 0 saturated carbocycles. The molecule has 5 heteroatoms. The lowest BCUT2D eigenvalue weighted by molar-refractivity contribution is -0.130. The Morgan fingerprint density at radius 2 is 1.75 bits per heavy atom. The van der Waals surface area contributed by atoms with Crippen LogP contribution in [0.15, 0.2) is 53.6 Å². The molecule has 0 aromatic heterocycles. The average Bonchev–Trinajstić information content (AvgIpc) is 3.07. The van der Waals surface area contributed by atoms with Crippen LogP contribution in [0.1, 0.15) is 30.5 Å². The van der Waals surface area contributed by atoms with Gasteiger partial charge in [-0.1, -0.05) is 24.3 Å². The van der Waals surface area contributed by atoms with Crippen molar-refractivity contribution >= 4 is 11.6 Å². The van der Waals surface area contributed by atoms with Crippen molar-refractivity contribution in [2.24, 2.45) is 5.10 Å². The van der Waals surface area contributed by atoms with Crippen LogP contribution in [0.5, 0.6) is 11.5 Å². The second-order valence-corrected chi connectivity index (χ2v) is 5.64. The molecule has 2 aromatic rings. The topological polar surface area (TPSA) is 51.1 Å². The van der Waals surface area contributed by atoms with Crippen molar-refractivity contribution in [2.75, 3.05) is 14.2 Å². The number of amides is 1. The number of rotatable bonds is 4. The van der Waals surface area contributed by atoms with Gasteiger partial charge in [-0.3, -0.25) is 4.79 Å². The molecule has 0 aliphatic carbocycles. The minimum atomic E-state index is -0.126. The summed E-state index contributed by atoms with van der Waals surface area (Å²) in [6.45, 7) is 1.53. The van der Waals surface area contributed by atoms with E-state index in [4.69, 9.17) is 9.47 Å². The van der Waals surface area contributed by atoms with E-state index in [-0.39, 0.29) is 11.9 Å². The van der Waals surface area contributed by atoms with E-state index in [1.54, 1.807) is 19.2 Å². The average molecular weight is 324 g/mol. The molecule has 124 valence electrons. The van der Waals surface area contributed by atoms with E-state index in [2.05, 4.69) is 5.10 Å². The Bertz CT molecular complexity index is 786. The molecular formula is C19H20N2O3. The summed E-state index contributed by atoms with van der Waals surface area (Å²) in [4.78, 5) is 12.0. The van der Waals surface area contributed by atoms with Crippen molar-refractivity contribution in [3.05, 3.63) is 59.7 Å². The van der Waals surface area contributed by atoms with Gasteiger partial charge in [-0.05, 0) is 29.8 Å². The van der Waals surface area contributed by atoms with Gasteiger partial charge in [-0.15, -0.1) is 0 Å². The van der Waals surface area contributed by atoms with Gasteiger partial charge in [0.15, 0.2) is 0 Å². The lowest BCUT2D eigenvalue weighted by atomic mass is 9.98. The van der Waals surface area contributed by atoms with Gasteiger partial charge in [0.1, 0.15) is 11.5 Å². The zero-order chi connectivity index (χ0) is 17.1. The largest absolute Gasteiger partial charge is 0.497 e. The molecule has 5 nitrogen and oxygen atoms in total. The third-order valence-electron chi connectivity index (χ3n) is 4.11. The quantitative estimate of drug-likeness (QED) is 0.866. The number of nitrogens with zero attached hydrogens (tertiary/aromatic N) is 2. The number of hydrogen-bond acceptors (Lipinski definition) is 4. The van der Waals surface area contributed by atoms with Crippen molar-refractivity contribution in [2.45, 2.75) is 19.4 Å². The van der Waals surface area contributed by atoms with Gasteiger partial charge >= 0.3 is 0 Å². The predicted octanol–water partition coefficient (Wildman–Crippen LogP) is 3.40. The first-order valence-electron chi connectivity index (χ1n) is 7.78. The molecule has 1 atom stereocenters. The number of carbonyl (C=O) groups excluding carboxylic acids is 1. The highest BCUT2D eigenvalue weighted by Crippen LogP contribution is 2.34. The highest BCUT2D eigenvalue weighted by atomic mass is 16.5. The van der Waals surface area contributed by atoms with Crippen LogP contribution in [0.4, 0.5) is 0 Å². The van der Waals surface area contributed by atoms with Gasteiger partial charge in [0, 0.05) is 18.9 Å². The van der Waals surface area contributed by atoms with Crippen molar-refractivity contribution in [1.82, 2.24) is 5.01 Å². The van der Waals surface area contributed by atoms with Crippen LogP contribution in [0, 0.1) is 0 Å². The number of ether oxygens (including phenoxy) is 2. The predicted molar refractivity (Wildman–Crippen MR) is 92.4 cm³/mol. The second-order valence-electron chi connectivity index (χ2n) is 5.64. The van der Waals surface area contributed by atoms with E-state index in [9.17, 15) is 4.79 Å². The van der Waals surface area contributed by atoms with Crippen LogP contribution in [0.25, 0.3) is 0 Å². The van der Waals surface area contributed by atoms with E-state index in [1.807, 2.05) is 48.5 Å². The molecule has 0 radical (unpaired) electrons. The second kappa shape index (κ2) is 6.74. The fraction of sp³-hybridized carbons (Fsp3) is 0.263. The van der Waals surface area contributed by atoms with E-state index in [0.29, 0.717) is 6.42 Å². The van der Waals surface area contributed by atoms with Gasteiger partial charge in [0.05, 0.1) is 26.0 Å². The zero-order valence-electron chi connectivity index (χ0n) is 14.0. The van der Waals surface area contributed by atoms with Gasteiger partial charge in [-0.25, -0.2) is 5.01 Å². The van der Waals surface area contributed by atoms with Gasteiger partial charge in [0.25, 0.3) is 0 Å². The molecular weight excluding hydrogens is 304 g/mol. The van der Waals surface area contributed by atoms with Crippen LogP contribution in [0.3, 0.4) is 0 Å². The molecule has 1 heterocycles. The summed E-state index contributed by atoms with van der Waals surface area (Å²) in [5.74, 6) is 1.46. The summed E-state index contributed by atoms with van der Waals surface area (Å²) >= 11 is 0. The van der Waals surface area contributed by atoms with Crippen LogP contribution in [0.2, 0.25) is 0 Å². The summed E-state index contributed by atoms with van der Waals surface area (Å²) in [5.41, 5.74) is 2.84. The Morgan fingerprint density at radius 3 is 2.42 bits per heavy atom. The summed E-state index contributed by atoms with van der Waals surface area (Å²) in [6, 6.07) is 15.4. The Morgan fingerprint density at radius 1 is 1.08 bits per heavy atom. The maximum atomic E-state index is 12.0. The fourth-order valence-electron chi connectivity index (χ4n) is 2.89. The number of methoxy groups -OCH3 is 2. The van der Waals surface area contributed by atoms with Gasteiger partial charge in [0.2, 0.25) is 5.91 Å². The van der Waals surface area contributed by atoms with Crippen molar-refractivity contribution in [3.63, 3.8) is 0 Å². The molecule has 2 aromatic carbocycles. The number of carbonyl (C=O) groups is 1. The van der Waals surface area contributed by atoms with E-state index >= 15 is 0 Å². The summed E-state index contributed by atoms with van der Waals surface area (Å²) < 4.78 is 10.6. The van der Waals surface area contributed by atoms with Crippen molar-refractivity contribution in [1.29, 1.82) is 0 Å². The smallest absolute Gasteiger partial charge is 0.240 e. The highest BCUT2D eigenvalue weighted by molar-refractivity contribution is 6.03. The third kappa shape index (κ3) is 3.11. The first-order chi connectivity index (χ1) is 11.6. The fourth-order valence-corrected chi connectivity index (χ4v) is 2.89. The molecule has 0 N–H and O–H groups in total. The number of benzene rings is 2. The van der Waals surface area contributed by atoms with Gasteiger partial charge in [-0.2, -0.15) is 5.10 Å². The Kier molecular flexibility index (Phi) is 4.51. The van der Waals surface area contributed by atoms with E-state index < -0.39 is 0 Å². The zero-order valence-corrected chi connectivity index (χ0v) is 14.0. The normalized spacial score (nSPS) is 16.7. The minimum absolute atomic E-state index is 0.0827. The molecule has 24 heavy (non-hydrogen) atoms. The third-order valence-corrected chi connectivity index (χ3v) is 4.11. The summed E-state index contributed by atoms with van der Waals surface area (Å²) in [7, 11) is 3.27. The van der Waals surface area contributed by atoms with Crippen molar-refractivity contribution < 1.29 is 14.3 Å². The minimum Gasteiger partial charge on any atom is -0.497 e. The maximum Gasteiger partial charge on any atom is 0.240 e. The monoisotopic (exact) mass is 324 g/mol. The maximum absolute atomic E-state index is 12.0. The lowest BCUT2D eigenvalue weighted by Crippen LogP contribution is -2.24. The molecule has 3 rings (SSSR count). The number of hydrogen-bond donors (Lipinski definition) is 0. The Labute approximate surface area is 141 Å². The van der Waals surface area contributed by atoms with Gasteiger partial charge < -0.3 is 9.47 Å². The van der Waals surface area contributed by atoms with Crippen LogP contribution in [-0.4, -0.2) is 30.8 Å². The highest BCUT2D eigenvalue weighted by Gasteiger charge is 2.31. The summed E-state index contributed by atoms with van der Waals surface area (Å²) in [6.07, 6.45) is 0.653. The molecule has 1 amide bonds.